The van der Waals surface area contributed by atoms with Crippen molar-refractivity contribution in [3.63, 3.8) is 0 Å². The summed E-state index contributed by atoms with van der Waals surface area (Å²) in [5, 5.41) is 11.3. The maximum absolute atomic E-state index is 15.3. The second kappa shape index (κ2) is 13.5. The molecule has 11 heteroatoms. The van der Waals surface area contributed by atoms with Crippen LogP contribution in [0.3, 0.4) is 0 Å². The first-order valence-corrected chi connectivity index (χ1v) is 14.7. The number of aromatic amines is 2. The van der Waals surface area contributed by atoms with Crippen LogP contribution in [0.4, 0.5) is 31.9 Å². The van der Waals surface area contributed by atoms with Crippen molar-refractivity contribution in [2.45, 2.75) is 39.5 Å². The predicted molar refractivity (Wildman–Crippen MR) is 168 cm³/mol. The maximum atomic E-state index is 15.3. The van der Waals surface area contributed by atoms with Crippen LogP contribution in [0.25, 0.3) is 10.9 Å². The Kier molecular flexibility index (Phi) is 9.38. The molecular formula is C32H38F2N8O. The highest BCUT2D eigenvalue weighted by Gasteiger charge is 2.26. The van der Waals surface area contributed by atoms with Crippen LogP contribution in [0.5, 0.6) is 11.8 Å². The van der Waals surface area contributed by atoms with Gasteiger partial charge < -0.3 is 24.8 Å². The number of fused-ring (bicyclic) bond motifs is 1. The number of hydrogen-bond acceptors (Lipinski definition) is 7. The number of para-hydroxylation sites is 1. The SMILES string of the molecule is CC.CF.Cc1cc2c(F)c(Oc3nc(Nc4cc(C5CC5)[nH]n4)cc(N4CCN(c5ccccc5)CC4)n3)ccc2[nH]1. The molecule has 0 bridgehead atoms. The van der Waals surface area contributed by atoms with Crippen molar-refractivity contribution in [2.24, 2.45) is 0 Å². The lowest BCUT2D eigenvalue weighted by Crippen LogP contribution is -2.46. The number of piperazine rings is 1. The minimum Gasteiger partial charge on any atom is -0.421 e. The molecule has 1 aliphatic heterocycles. The van der Waals surface area contributed by atoms with E-state index in [0.29, 0.717) is 35.9 Å². The molecule has 1 aliphatic carbocycles. The quantitative estimate of drug-likeness (QED) is 0.181. The zero-order chi connectivity index (χ0) is 30.3. The van der Waals surface area contributed by atoms with E-state index in [1.807, 2.05) is 39.0 Å². The Morgan fingerprint density at radius 2 is 1.60 bits per heavy atom. The van der Waals surface area contributed by atoms with Gasteiger partial charge in [-0.05, 0) is 50.1 Å². The van der Waals surface area contributed by atoms with Crippen molar-refractivity contribution in [1.29, 1.82) is 0 Å². The Bertz CT molecular complexity index is 1630. The lowest BCUT2D eigenvalue weighted by atomic mass is 10.2. The molecule has 226 valence electrons. The first kappa shape index (κ1) is 29.8. The molecular weight excluding hydrogens is 550 g/mol. The summed E-state index contributed by atoms with van der Waals surface area (Å²) in [5.41, 5.74) is 3.93. The molecule has 4 heterocycles. The number of anilines is 4. The van der Waals surface area contributed by atoms with Gasteiger partial charge in [-0.15, -0.1) is 0 Å². The second-order valence-electron chi connectivity index (χ2n) is 10.2. The van der Waals surface area contributed by atoms with Crippen molar-refractivity contribution in [3.8, 4) is 11.8 Å². The fraction of sp³-hybridized carbons (Fsp3) is 0.344. The van der Waals surface area contributed by atoms with Crippen LogP contribution >= 0.6 is 0 Å². The Balaban J connectivity index is 0.000000885. The summed E-state index contributed by atoms with van der Waals surface area (Å²) in [4.78, 5) is 17.0. The fourth-order valence-corrected chi connectivity index (χ4v) is 5.12. The summed E-state index contributed by atoms with van der Waals surface area (Å²) in [5.74, 6) is 2.12. The summed E-state index contributed by atoms with van der Waals surface area (Å²) in [6.07, 6.45) is 2.37. The molecule has 3 aromatic heterocycles. The molecule has 0 spiro atoms. The van der Waals surface area contributed by atoms with Crippen LogP contribution in [0.2, 0.25) is 0 Å². The van der Waals surface area contributed by atoms with Crippen molar-refractivity contribution >= 4 is 34.0 Å². The lowest BCUT2D eigenvalue weighted by molar-refractivity contribution is 0.414. The number of rotatable bonds is 7. The Morgan fingerprint density at radius 1 is 0.884 bits per heavy atom. The van der Waals surface area contributed by atoms with E-state index in [4.69, 9.17) is 9.72 Å². The van der Waals surface area contributed by atoms with E-state index in [-0.39, 0.29) is 11.8 Å². The molecule has 9 nitrogen and oxygen atoms in total. The van der Waals surface area contributed by atoms with Crippen LogP contribution in [-0.4, -0.2) is 58.5 Å². The summed E-state index contributed by atoms with van der Waals surface area (Å²) >= 11 is 0. The van der Waals surface area contributed by atoms with Crippen molar-refractivity contribution in [1.82, 2.24) is 25.1 Å². The summed E-state index contributed by atoms with van der Waals surface area (Å²) < 4.78 is 30.8. The highest BCUT2D eigenvalue weighted by Crippen LogP contribution is 2.40. The number of halogens is 2. The van der Waals surface area contributed by atoms with E-state index >= 15 is 4.39 Å². The Morgan fingerprint density at radius 3 is 2.33 bits per heavy atom. The summed E-state index contributed by atoms with van der Waals surface area (Å²) in [6.45, 7) is 9.17. The van der Waals surface area contributed by atoms with Crippen molar-refractivity contribution < 1.29 is 13.5 Å². The monoisotopic (exact) mass is 588 g/mol. The maximum Gasteiger partial charge on any atom is 0.326 e. The van der Waals surface area contributed by atoms with Crippen LogP contribution < -0.4 is 19.9 Å². The van der Waals surface area contributed by atoms with Gasteiger partial charge >= 0.3 is 6.01 Å². The highest BCUT2D eigenvalue weighted by molar-refractivity contribution is 5.82. The van der Waals surface area contributed by atoms with Gasteiger partial charge in [-0.2, -0.15) is 15.1 Å². The number of aromatic nitrogens is 5. The number of benzene rings is 2. The van der Waals surface area contributed by atoms with E-state index in [2.05, 4.69) is 59.5 Å². The minimum atomic E-state index is -0.446. The van der Waals surface area contributed by atoms with E-state index in [0.717, 1.165) is 43.1 Å². The number of nitrogens with one attached hydrogen (secondary N) is 3. The number of aryl methyl sites for hydroxylation is 1. The third-order valence-electron chi connectivity index (χ3n) is 7.33. The molecule has 0 amide bonds. The Hall–Kier alpha value is -4.67. The molecule has 7 rings (SSSR count). The molecule has 3 N–H and O–H groups in total. The van der Waals surface area contributed by atoms with Crippen LogP contribution in [0.15, 0.2) is 60.7 Å². The van der Waals surface area contributed by atoms with Gasteiger partial charge in [-0.3, -0.25) is 9.49 Å². The normalized spacial score (nSPS) is 14.5. The molecule has 43 heavy (non-hydrogen) atoms. The van der Waals surface area contributed by atoms with E-state index in [9.17, 15) is 4.39 Å². The second-order valence-corrected chi connectivity index (χ2v) is 10.2. The van der Waals surface area contributed by atoms with E-state index in [1.54, 1.807) is 18.2 Å². The van der Waals surface area contributed by atoms with Crippen molar-refractivity contribution in [3.05, 3.63) is 77.9 Å². The predicted octanol–water partition coefficient (Wildman–Crippen LogP) is 7.48. The third kappa shape index (κ3) is 6.87. The minimum absolute atomic E-state index is 0.0731. The van der Waals surface area contributed by atoms with Gasteiger partial charge in [-0.25, -0.2) is 4.39 Å². The topological polar surface area (TPSA) is 98.0 Å². The lowest BCUT2D eigenvalue weighted by Gasteiger charge is -2.36. The van der Waals surface area contributed by atoms with Gasteiger partial charge in [0.2, 0.25) is 0 Å². The van der Waals surface area contributed by atoms with E-state index < -0.39 is 5.82 Å². The average molecular weight is 589 g/mol. The zero-order valence-corrected chi connectivity index (χ0v) is 25.0. The molecule has 0 radical (unpaired) electrons. The smallest absolute Gasteiger partial charge is 0.326 e. The van der Waals surface area contributed by atoms with Crippen molar-refractivity contribution in [2.75, 3.05) is 48.5 Å². The third-order valence-corrected chi connectivity index (χ3v) is 7.33. The number of H-pyrrole nitrogens is 2. The summed E-state index contributed by atoms with van der Waals surface area (Å²) in [7, 11) is 0.500. The van der Waals surface area contributed by atoms with Crippen LogP contribution in [0.1, 0.15) is 44.0 Å². The fourth-order valence-electron chi connectivity index (χ4n) is 5.12. The van der Waals surface area contributed by atoms with Gasteiger partial charge in [0, 0.05) is 72.2 Å². The molecule has 2 aromatic carbocycles. The number of hydrogen-bond donors (Lipinski definition) is 3. The first-order chi connectivity index (χ1) is 21.1. The van der Waals surface area contributed by atoms with E-state index in [1.165, 1.54) is 18.5 Å². The average Bonchev–Trinajstić information content (AvgIpc) is 3.68. The largest absolute Gasteiger partial charge is 0.421 e. The number of ether oxygens (including phenoxy) is 1. The van der Waals surface area contributed by atoms with Crippen LogP contribution in [0, 0.1) is 12.7 Å². The highest BCUT2D eigenvalue weighted by atomic mass is 19.1. The summed E-state index contributed by atoms with van der Waals surface area (Å²) in [6, 6.07) is 19.6. The van der Waals surface area contributed by atoms with Gasteiger partial charge in [0.05, 0.1) is 7.18 Å². The number of nitrogens with zero attached hydrogens (tertiary/aromatic N) is 5. The van der Waals surface area contributed by atoms with Gasteiger partial charge in [0.25, 0.3) is 0 Å². The molecule has 2 aliphatic rings. The zero-order valence-electron chi connectivity index (χ0n) is 25.0. The molecule has 0 atom stereocenters. The number of alkyl halides is 1. The Labute approximate surface area is 250 Å². The van der Waals surface area contributed by atoms with Gasteiger partial charge in [0.1, 0.15) is 11.6 Å². The first-order valence-electron chi connectivity index (χ1n) is 14.7. The van der Waals surface area contributed by atoms with Gasteiger partial charge in [-0.1, -0.05) is 32.0 Å². The van der Waals surface area contributed by atoms with Gasteiger partial charge in [0.15, 0.2) is 17.4 Å². The molecule has 5 aromatic rings. The molecule has 1 saturated carbocycles. The molecule has 1 saturated heterocycles. The standard InChI is InChI=1S/C29H29FN8O.C2H6.CH3F/c1-18-15-21-22(31-18)9-10-24(28(21)30)39-29-33-25(32-26-16-23(35-36-26)19-7-8-19)17-27(34-29)38-13-11-37(12-14-38)20-5-3-2-4-6-20;2*1-2/h2-6,9-10,15-17,19,31H,7-8,11-14H2,1H3,(H2,32,33,34,35,36);1-2H3;1H3. The molecule has 2 fully saturated rings. The molecule has 0 unspecified atom stereocenters. The van der Waals surface area contributed by atoms with Crippen LogP contribution in [-0.2, 0) is 0 Å².